The number of urea groups is 1. The van der Waals surface area contributed by atoms with E-state index in [1.807, 2.05) is 0 Å². The van der Waals surface area contributed by atoms with E-state index in [1.54, 1.807) is 18.3 Å². The van der Waals surface area contributed by atoms with Gasteiger partial charge in [-0.1, -0.05) is 12.1 Å². The van der Waals surface area contributed by atoms with E-state index in [0.717, 1.165) is 17.1 Å². The fourth-order valence-electron chi connectivity index (χ4n) is 2.30. The Bertz CT molecular complexity index is 851. The van der Waals surface area contributed by atoms with E-state index < -0.39 is 23.7 Å². The van der Waals surface area contributed by atoms with Crippen LogP contribution in [0.15, 0.2) is 47.8 Å². The summed E-state index contributed by atoms with van der Waals surface area (Å²) in [6.45, 7) is -0.250. The van der Waals surface area contributed by atoms with E-state index in [4.69, 9.17) is 0 Å². The molecule has 0 unspecified atom stereocenters. The number of anilines is 1. The number of alkyl halides is 5. The predicted octanol–water partition coefficient (Wildman–Crippen LogP) is 4.12. The number of nitrogens with one attached hydrogen (secondary N) is 1. The number of aromatic nitrogens is 1. The Balaban J connectivity index is 1.87. The van der Waals surface area contributed by atoms with Gasteiger partial charge in [0.2, 0.25) is 0 Å². The number of carbonyl (C=O) groups is 1. The highest BCUT2D eigenvalue weighted by Crippen LogP contribution is 2.44. The Morgan fingerprint density at radius 2 is 1.96 bits per heavy atom. The number of hydrazone groups is 1. The third-order valence-corrected chi connectivity index (χ3v) is 3.65. The summed E-state index contributed by atoms with van der Waals surface area (Å²) >= 11 is 0. The fourth-order valence-corrected chi connectivity index (χ4v) is 2.30. The van der Waals surface area contributed by atoms with E-state index in [0.29, 0.717) is 11.6 Å². The number of pyridine rings is 1. The van der Waals surface area contributed by atoms with Crippen molar-refractivity contribution in [2.45, 2.75) is 18.6 Å². The summed E-state index contributed by atoms with van der Waals surface area (Å²) in [5.41, 5.74) is -0.363. The van der Waals surface area contributed by atoms with Crippen LogP contribution >= 0.6 is 0 Å². The van der Waals surface area contributed by atoms with Crippen molar-refractivity contribution in [1.29, 1.82) is 0 Å². The number of amides is 2. The molecule has 0 atom stereocenters. The van der Waals surface area contributed by atoms with Crippen LogP contribution in [0.3, 0.4) is 0 Å². The van der Waals surface area contributed by atoms with Gasteiger partial charge in [0, 0.05) is 29.2 Å². The molecule has 0 saturated carbocycles. The summed E-state index contributed by atoms with van der Waals surface area (Å²) in [7, 11) is 0. The molecule has 0 saturated heterocycles. The van der Waals surface area contributed by atoms with Crippen LogP contribution < -0.4 is 5.32 Å². The van der Waals surface area contributed by atoms with Crippen LogP contribution in [0.5, 0.6) is 0 Å². The lowest BCUT2D eigenvalue weighted by Gasteiger charge is -2.27. The third kappa shape index (κ3) is 3.35. The minimum absolute atomic E-state index is 0.0920. The zero-order valence-electron chi connectivity index (χ0n) is 13.0. The van der Waals surface area contributed by atoms with Crippen molar-refractivity contribution in [3.05, 3.63) is 59.4 Å². The summed E-state index contributed by atoms with van der Waals surface area (Å²) < 4.78 is 64.6. The second-order valence-electron chi connectivity index (χ2n) is 5.46. The summed E-state index contributed by atoms with van der Waals surface area (Å²) in [4.78, 5) is 15.8. The molecule has 5 nitrogen and oxygen atoms in total. The van der Waals surface area contributed by atoms with Gasteiger partial charge >= 0.3 is 18.1 Å². The smallest absolute Gasteiger partial charge is 0.306 e. The predicted molar refractivity (Wildman–Crippen MR) is 82.8 cm³/mol. The SMILES string of the molecule is O=C1Nc2ccc(C(F)(F)C(F)(F)F)cc2CN1N=Cc1cccnc1. The van der Waals surface area contributed by atoms with E-state index in [2.05, 4.69) is 15.4 Å². The number of fused-ring (bicyclic) bond motifs is 1. The van der Waals surface area contributed by atoms with E-state index in [1.165, 1.54) is 12.4 Å². The zero-order valence-corrected chi connectivity index (χ0v) is 13.0. The maximum Gasteiger partial charge on any atom is 0.458 e. The van der Waals surface area contributed by atoms with E-state index in [-0.39, 0.29) is 17.8 Å². The van der Waals surface area contributed by atoms with Crippen LogP contribution in [0.4, 0.5) is 32.4 Å². The monoisotopic (exact) mass is 370 g/mol. The largest absolute Gasteiger partial charge is 0.458 e. The standard InChI is InChI=1S/C16H11F5N4O/c17-15(18,16(19,20)21)12-3-4-13-11(6-12)9-25(14(26)24-13)23-8-10-2-1-5-22-7-10/h1-8H,9H2,(H,24,26). The molecular formula is C16H11F5N4O. The molecule has 0 radical (unpaired) electrons. The molecule has 2 amide bonds. The van der Waals surface area contributed by atoms with Crippen molar-refractivity contribution in [3.8, 4) is 0 Å². The number of hydrogen-bond acceptors (Lipinski definition) is 3. The summed E-state index contributed by atoms with van der Waals surface area (Å²) in [6, 6.07) is 5.07. The van der Waals surface area contributed by atoms with Crippen molar-refractivity contribution in [2.75, 3.05) is 5.32 Å². The molecule has 1 aliphatic heterocycles. The number of nitrogens with zero attached hydrogens (tertiary/aromatic N) is 3. The highest BCUT2D eigenvalue weighted by atomic mass is 19.4. The number of carbonyl (C=O) groups excluding carboxylic acids is 1. The van der Waals surface area contributed by atoms with Gasteiger partial charge in [-0.25, -0.2) is 9.80 Å². The average molecular weight is 370 g/mol. The second kappa shape index (κ2) is 6.36. The van der Waals surface area contributed by atoms with Crippen molar-refractivity contribution >= 4 is 17.9 Å². The molecule has 0 bridgehead atoms. The normalized spacial score (nSPS) is 15.1. The lowest BCUT2D eigenvalue weighted by molar-refractivity contribution is -0.289. The third-order valence-electron chi connectivity index (χ3n) is 3.65. The van der Waals surface area contributed by atoms with Crippen molar-refractivity contribution in [2.24, 2.45) is 5.10 Å². The average Bonchev–Trinajstić information content (AvgIpc) is 2.59. The molecule has 2 aromatic rings. The minimum Gasteiger partial charge on any atom is -0.306 e. The first kappa shape index (κ1) is 17.8. The molecule has 3 rings (SSSR count). The molecule has 0 spiro atoms. The summed E-state index contributed by atoms with van der Waals surface area (Å²) in [5, 5.41) is 7.24. The molecule has 0 aliphatic carbocycles. The zero-order chi connectivity index (χ0) is 18.9. The maximum absolute atomic E-state index is 13.5. The lowest BCUT2D eigenvalue weighted by Crippen LogP contribution is -2.36. The highest BCUT2D eigenvalue weighted by Gasteiger charge is 2.58. The molecule has 0 fully saturated rings. The molecule has 2 heterocycles. The first-order valence-corrected chi connectivity index (χ1v) is 7.29. The van der Waals surface area contributed by atoms with Gasteiger partial charge in [0.05, 0.1) is 12.8 Å². The van der Waals surface area contributed by atoms with Gasteiger partial charge in [-0.2, -0.15) is 27.1 Å². The van der Waals surface area contributed by atoms with E-state index in [9.17, 15) is 26.7 Å². The number of halogens is 5. The summed E-state index contributed by atoms with van der Waals surface area (Å²) in [6.07, 6.45) is -1.35. The molecule has 136 valence electrons. The first-order valence-electron chi connectivity index (χ1n) is 7.29. The molecule has 1 aromatic heterocycles. The number of benzene rings is 1. The second-order valence-corrected chi connectivity index (χ2v) is 5.46. The van der Waals surface area contributed by atoms with Gasteiger partial charge in [-0.3, -0.25) is 4.98 Å². The fraction of sp³-hybridized carbons (Fsp3) is 0.188. The van der Waals surface area contributed by atoms with Gasteiger partial charge in [0.1, 0.15) is 0 Å². The maximum atomic E-state index is 13.5. The van der Waals surface area contributed by atoms with Crippen LogP contribution in [0, 0.1) is 0 Å². The van der Waals surface area contributed by atoms with Gasteiger partial charge < -0.3 is 5.32 Å². The van der Waals surface area contributed by atoms with Crippen molar-refractivity contribution in [3.63, 3.8) is 0 Å². The minimum atomic E-state index is -5.71. The van der Waals surface area contributed by atoms with Gasteiger partial charge in [-0.05, 0) is 23.8 Å². The quantitative estimate of drug-likeness (QED) is 0.653. The molecule has 1 N–H and O–H groups in total. The first-order chi connectivity index (χ1) is 12.2. The Labute approximate surface area is 144 Å². The topological polar surface area (TPSA) is 57.6 Å². The molecule has 1 aromatic carbocycles. The molecule has 10 heteroatoms. The highest BCUT2D eigenvalue weighted by molar-refractivity contribution is 5.93. The Hall–Kier alpha value is -3.04. The van der Waals surface area contributed by atoms with Crippen LogP contribution in [0.25, 0.3) is 0 Å². The summed E-state index contributed by atoms with van der Waals surface area (Å²) in [5.74, 6) is -4.99. The van der Waals surface area contributed by atoms with Crippen LogP contribution in [0.1, 0.15) is 16.7 Å². The molecular weight excluding hydrogens is 359 g/mol. The Morgan fingerprint density at radius 3 is 2.62 bits per heavy atom. The lowest BCUT2D eigenvalue weighted by atomic mass is 10.0. The molecule has 1 aliphatic rings. The van der Waals surface area contributed by atoms with Crippen LogP contribution in [-0.2, 0) is 12.5 Å². The van der Waals surface area contributed by atoms with Gasteiger partial charge in [0.15, 0.2) is 0 Å². The Morgan fingerprint density at radius 1 is 1.19 bits per heavy atom. The Kier molecular flexibility index (Phi) is 4.34. The van der Waals surface area contributed by atoms with Crippen LogP contribution in [-0.4, -0.2) is 28.4 Å². The van der Waals surface area contributed by atoms with Crippen molar-refractivity contribution in [1.82, 2.24) is 9.99 Å². The molecule has 26 heavy (non-hydrogen) atoms. The van der Waals surface area contributed by atoms with Gasteiger partial charge in [0.25, 0.3) is 0 Å². The number of rotatable bonds is 3. The van der Waals surface area contributed by atoms with Crippen LogP contribution in [0.2, 0.25) is 0 Å². The van der Waals surface area contributed by atoms with Crippen molar-refractivity contribution < 1.29 is 26.7 Å². The number of hydrogen-bond donors (Lipinski definition) is 1. The van der Waals surface area contributed by atoms with Gasteiger partial charge in [-0.15, -0.1) is 0 Å². The van der Waals surface area contributed by atoms with E-state index >= 15 is 0 Å².